The van der Waals surface area contributed by atoms with E-state index in [9.17, 15) is 40.2 Å². The van der Waals surface area contributed by atoms with Gasteiger partial charge in [0, 0.05) is 23.0 Å². The average molecular weight is 475 g/mol. The van der Waals surface area contributed by atoms with Crippen molar-refractivity contribution in [1.82, 2.24) is 0 Å². The summed E-state index contributed by atoms with van der Waals surface area (Å²) >= 11 is 0. The lowest BCUT2D eigenvalue weighted by Crippen LogP contribution is -2.38. The Morgan fingerprint density at radius 2 is 0.824 bits per heavy atom. The summed E-state index contributed by atoms with van der Waals surface area (Å²) in [5, 5.41) is 64.7. The zero-order chi connectivity index (χ0) is 25.5. The third-order valence-corrected chi connectivity index (χ3v) is 8.10. The molecule has 0 spiro atoms. The summed E-state index contributed by atoms with van der Waals surface area (Å²) in [7, 11) is 0. The van der Waals surface area contributed by atoms with Crippen LogP contribution >= 0.6 is 0 Å². The van der Waals surface area contributed by atoms with Crippen molar-refractivity contribution < 1.29 is 40.2 Å². The van der Waals surface area contributed by atoms with E-state index in [4.69, 9.17) is 0 Å². The summed E-state index contributed by atoms with van der Waals surface area (Å²) in [5.41, 5.74) is 2.31. The Labute approximate surface area is 198 Å². The monoisotopic (exact) mass is 474 g/mol. The van der Waals surface area contributed by atoms with Gasteiger partial charge >= 0.3 is 0 Å². The lowest BCUT2D eigenvalue weighted by atomic mass is 9.65. The molecule has 6 N–H and O–H groups in total. The smallest absolute Gasteiger partial charge is 0.193 e. The molecule has 0 fully saturated rings. The van der Waals surface area contributed by atoms with Crippen molar-refractivity contribution >= 4 is 11.6 Å². The van der Waals surface area contributed by atoms with Crippen LogP contribution in [0.5, 0.6) is 0 Å². The molecule has 34 heavy (non-hydrogen) atoms. The predicted octanol–water partition coefficient (Wildman–Crippen LogP) is 0.115. The van der Waals surface area contributed by atoms with Gasteiger partial charge in [0.05, 0.1) is 0 Å². The lowest BCUT2D eigenvalue weighted by Gasteiger charge is -2.41. The average Bonchev–Trinajstić information content (AvgIpc) is 3.10. The fourth-order valence-electron chi connectivity index (χ4n) is 6.80. The first kappa shape index (κ1) is 25.2. The van der Waals surface area contributed by atoms with E-state index < -0.39 is 60.0 Å². The Morgan fingerprint density at radius 3 is 1.09 bits per heavy atom. The van der Waals surface area contributed by atoms with Crippen molar-refractivity contribution in [3.63, 3.8) is 0 Å². The van der Waals surface area contributed by atoms with Crippen LogP contribution in [0, 0.1) is 23.7 Å². The molecule has 8 unspecified atom stereocenters. The van der Waals surface area contributed by atoms with Crippen LogP contribution in [0.3, 0.4) is 0 Å². The van der Waals surface area contributed by atoms with Crippen molar-refractivity contribution in [3.05, 3.63) is 44.6 Å². The molecule has 0 bridgehead atoms. The van der Waals surface area contributed by atoms with Crippen molar-refractivity contribution in [2.75, 3.05) is 0 Å². The Bertz CT molecular complexity index is 1000. The van der Waals surface area contributed by atoms with E-state index in [1.807, 2.05) is 27.7 Å². The molecule has 4 aliphatic carbocycles. The highest BCUT2D eigenvalue weighted by Crippen LogP contribution is 2.52. The van der Waals surface area contributed by atoms with Gasteiger partial charge < -0.3 is 30.6 Å². The number of aliphatic hydroxyl groups excluding tert-OH is 6. The van der Waals surface area contributed by atoms with Crippen molar-refractivity contribution in [2.24, 2.45) is 23.7 Å². The predicted molar refractivity (Wildman–Crippen MR) is 122 cm³/mol. The molecule has 0 amide bonds. The molecule has 0 saturated heterocycles. The first-order chi connectivity index (χ1) is 15.7. The largest absolute Gasteiger partial charge is 0.385 e. The van der Waals surface area contributed by atoms with E-state index >= 15 is 0 Å². The van der Waals surface area contributed by atoms with Gasteiger partial charge in [-0.3, -0.25) is 9.59 Å². The van der Waals surface area contributed by atoms with Gasteiger partial charge in [-0.2, -0.15) is 0 Å². The molecule has 4 rings (SSSR count). The van der Waals surface area contributed by atoms with Gasteiger partial charge in [0.25, 0.3) is 0 Å². The van der Waals surface area contributed by atoms with Gasteiger partial charge in [-0.05, 0) is 48.0 Å². The SMILES string of the molecule is CC1=C(C2=C(C)C(C(C)C)C3=C(C(=O)C(O)C3O)C2O)C(O)C2=C(C(O)C(O)C2=O)C1C(C)C. The number of hydrogen-bond acceptors (Lipinski definition) is 8. The maximum Gasteiger partial charge on any atom is 0.193 e. The number of hydrogen-bond donors (Lipinski definition) is 6. The minimum atomic E-state index is -1.67. The van der Waals surface area contributed by atoms with E-state index in [0.29, 0.717) is 22.3 Å². The van der Waals surface area contributed by atoms with Crippen LogP contribution < -0.4 is 0 Å². The first-order valence-electron chi connectivity index (χ1n) is 11.8. The molecule has 0 saturated carbocycles. The molecule has 8 atom stereocenters. The molecular weight excluding hydrogens is 440 g/mol. The van der Waals surface area contributed by atoms with Crippen molar-refractivity contribution in [1.29, 1.82) is 0 Å². The number of rotatable bonds is 3. The topological polar surface area (TPSA) is 156 Å². The second-order valence-corrected chi connectivity index (χ2v) is 10.7. The highest BCUT2D eigenvalue weighted by Gasteiger charge is 2.54. The Hall–Kier alpha value is -1.94. The molecule has 0 aromatic rings. The lowest BCUT2D eigenvalue weighted by molar-refractivity contribution is -0.126. The Balaban J connectivity index is 1.96. The van der Waals surface area contributed by atoms with E-state index in [2.05, 4.69) is 0 Å². The molecule has 8 nitrogen and oxygen atoms in total. The second-order valence-electron chi connectivity index (χ2n) is 10.7. The highest BCUT2D eigenvalue weighted by atomic mass is 16.3. The van der Waals surface area contributed by atoms with Gasteiger partial charge in [0.15, 0.2) is 11.6 Å². The number of aliphatic hydroxyl groups is 6. The van der Waals surface area contributed by atoms with Gasteiger partial charge in [-0.15, -0.1) is 0 Å². The normalized spacial score (nSPS) is 38.8. The van der Waals surface area contributed by atoms with Crippen LogP contribution in [-0.4, -0.2) is 78.8 Å². The maximum atomic E-state index is 12.9. The van der Waals surface area contributed by atoms with E-state index in [0.717, 1.165) is 0 Å². The molecule has 0 aliphatic heterocycles. The zero-order valence-corrected chi connectivity index (χ0v) is 20.3. The summed E-state index contributed by atoms with van der Waals surface area (Å²) in [4.78, 5) is 25.7. The molecule has 0 aromatic carbocycles. The van der Waals surface area contributed by atoms with Crippen LogP contribution in [0.2, 0.25) is 0 Å². The van der Waals surface area contributed by atoms with Gasteiger partial charge in [0.2, 0.25) is 0 Å². The molecular formula is C26H34O8. The fourth-order valence-corrected chi connectivity index (χ4v) is 6.80. The number of allylic oxidation sites excluding steroid dienone is 2. The third-order valence-electron chi connectivity index (χ3n) is 8.10. The van der Waals surface area contributed by atoms with Crippen LogP contribution in [0.25, 0.3) is 0 Å². The summed E-state index contributed by atoms with van der Waals surface area (Å²) in [5.74, 6) is -2.65. The summed E-state index contributed by atoms with van der Waals surface area (Å²) < 4.78 is 0. The molecule has 0 aromatic heterocycles. The molecule has 8 heteroatoms. The fraction of sp³-hybridized carbons (Fsp3) is 0.615. The minimum absolute atomic E-state index is 0.0644. The molecule has 0 radical (unpaired) electrons. The zero-order valence-electron chi connectivity index (χ0n) is 20.3. The summed E-state index contributed by atoms with van der Waals surface area (Å²) in [6, 6.07) is 0. The van der Waals surface area contributed by atoms with E-state index in [1.165, 1.54) is 0 Å². The Kier molecular flexibility index (Phi) is 6.16. The van der Waals surface area contributed by atoms with Crippen molar-refractivity contribution in [3.8, 4) is 0 Å². The molecule has 186 valence electrons. The summed E-state index contributed by atoms with van der Waals surface area (Å²) in [6.45, 7) is 11.1. The third kappa shape index (κ3) is 3.13. The van der Waals surface area contributed by atoms with Crippen LogP contribution in [0.4, 0.5) is 0 Å². The quantitative estimate of drug-likeness (QED) is 0.337. The van der Waals surface area contributed by atoms with Crippen molar-refractivity contribution in [2.45, 2.75) is 78.2 Å². The molecule has 0 heterocycles. The standard InChI is InChI=1S/C26H34O8/c1-7(2)11-9(5)13(19(27)17-15(11)21(29)25(33)23(17)31)14-10(6)12(8(3)4)16-18(20(14)28)24(32)26(34)22(16)30/h7-8,11-12,19-22,25-30,33-34H,1-6H3. The van der Waals surface area contributed by atoms with Crippen LogP contribution in [-0.2, 0) is 9.59 Å². The van der Waals surface area contributed by atoms with Gasteiger partial charge in [-0.25, -0.2) is 0 Å². The second kappa shape index (κ2) is 8.33. The van der Waals surface area contributed by atoms with E-state index in [1.54, 1.807) is 13.8 Å². The Morgan fingerprint density at radius 1 is 0.529 bits per heavy atom. The minimum Gasteiger partial charge on any atom is -0.385 e. The number of carbonyl (C=O) groups excluding carboxylic acids is 2. The van der Waals surface area contributed by atoms with Gasteiger partial charge in [0.1, 0.15) is 36.6 Å². The summed E-state index contributed by atoms with van der Waals surface area (Å²) in [6.07, 6.45) is -9.20. The van der Waals surface area contributed by atoms with Crippen LogP contribution in [0.15, 0.2) is 44.6 Å². The first-order valence-corrected chi connectivity index (χ1v) is 11.8. The number of Topliss-reactive ketones (excluding diaryl/α,β-unsaturated/α-hetero) is 2. The molecule has 4 aliphatic rings. The van der Waals surface area contributed by atoms with E-state index in [-0.39, 0.29) is 34.1 Å². The number of carbonyl (C=O) groups is 2. The number of ketones is 2. The van der Waals surface area contributed by atoms with Crippen LogP contribution in [0.1, 0.15) is 41.5 Å². The maximum absolute atomic E-state index is 12.9. The highest BCUT2D eigenvalue weighted by molar-refractivity contribution is 6.07. The van der Waals surface area contributed by atoms with Gasteiger partial charge in [-0.1, -0.05) is 38.8 Å².